The van der Waals surface area contributed by atoms with Gasteiger partial charge in [0.25, 0.3) is 5.91 Å². The molecule has 3 rings (SSSR count). The smallest absolute Gasteiger partial charge is 0.372 e. The second-order valence-electron chi connectivity index (χ2n) is 6.71. The zero-order valence-electron chi connectivity index (χ0n) is 15.3. The van der Waals surface area contributed by atoms with Crippen LogP contribution in [0.2, 0.25) is 0 Å². The minimum atomic E-state index is -4.55. The van der Waals surface area contributed by atoms with Gasteiger partial charge in [-0.2, -0.15) is 13.2 Å². The van der Waals surface area contributed by atoms with E-state index in [4.69, 9.17) is 0 Å². The molecule has 1 fully saturated rings. The maximum Gasteiger partial charge on any atom is 0.416 e. The molecule has 0 saturated carbocycles. The van der Waals surface area contributed by atoms with Crippen LogP contribution in [0.4, 0.5) is 30.2 Å². The number of rotatable bonds is 5. The number of carbonyl (C=O) groups is 2. The third kappa shape index (κ3) is 4.44. The van der Waals surface area contributed by atoms with E-state index in [-0.39, 0.29) is 5.56 Å². The van der Waals surface area contributed by atoms with Gasteiger partial charge in [-0.25, -0.2) is 0 Å². The number of halogens is 3. The van der Waals surface area contributed by atoms with E-state index < -0.39 is 17.6 Å². The summed E-state index contributed by atoms with van der Waals surface area (Å²) < 4.78 is 39.9. The average Bonchev–Trinajstić information content (AvgIpc) is 3.18. The molecule has 5 nitrogen and oxygen atoms in total. The summed E-state index contributed by atoms with van der Waals surface area (Å²) in [6, 6.07) is 8.29. The quantitative estimate of drug-likeness (QED) is 0.741. The van der Waals surface area contributed by atoms with Crippen LogP contribution in [-0.4, -0.2) is 25.4 Å². The first kappa shape index (κ1) is 19.7. The molecule has 0 aromatic heterocycles. The minimum Gasteiger partial charge on any atom is -0.372 e. The Hall–Kier alpha value is -3.03. The Labute approximate surface area is 160 Å². The SMILES string of the molecule is Cc1ccc(NC(=O)c2cc(N3CCCC3)cc(C(F)(F)F)c2)cc1NC=O. The van der Waals surface area contributed by atoms with E-state index in [1.165, 1.54) is 6.07 Å². The highest BCUT2D eigenvalue weighted by molar-refractivity contribution is 6.05. The number of carbonyl (C=O) groups excluding carboxylic acids is 2. The molecule has 1 heterocycles. The van der Waals surface area contributed by atoms with Crippen molar-refractivity contribution in [2.75, 3.05) is 28.6 Å². The molecule has 2 N–H and O–H groups in total. The average molecular weight is 391 g/mol. The Bertz CT molecular complexity index is 891. The molecule has 0 bridgehead atoms. The summed E-state index contributed by atoms with van der Waals surface area (Å²) >= 11 is 0. The summed E-state index contributed by atoms with van der Waals surface area (Å²) in [5.41, 5.74) is 1.15. The lowest BCUT2D eigenvalue weighted by Crippen LogP contribution is -2.21. The van der Waals surface area contributed by atoms with E-state index in [9.17, 15) is 22.8 Å². The Morgan fingerprint density at radius 1 is 1.11 bits per heavy atom. The number of amides is 2. The number of hydrogen-bond acceptors (Lipinski definition) is 3. The first-order valence-corrected chi connectivity index (χ1v) is 8.87. The lowest BCUT2D eigenvalue weighted by Gasteiger charge is -2.20. The highest BCUT2D eigenvalue weighted by atomic mass is 19.4. The summed E-state index contributed by atoms with van der Waals surface area (Å²) in [5.74, 6) is -0.646. The molecule has 0 aliphatic carbocycles. The topological polar surface area (TPSA) is 61.4 Å². The second-order valence-corrected chi connectivity index (χ2v) is 6.71. The molecule has 2 amide bonds. The maximum absolute atomic E-state index is 13.3. The molecule has 1 aliphatic rings. The molecular formula is C20H20F3N3O2. The predicted octanol–water partition coefficient (Wildman–Crippen LogP) is 4.43. The fourth-order valence-electron chi connectivity index (χ4n) is 3.19. The number of nitrogens with one attached hydrogen (secondary N) is 2. The van der Waals surface area contributed by atoms with E-state index >= 15 is 0 Å². The Morgan fingerprint density at radius 3 is 2.46 bits per heavy atom. The first-order valence-electron chi connectivity index (χ1n) is 8.87. The van der Waals surface area contributed by atoms with Crippen LogP contribution in [0, 0.1) is 6.92 Å². The van der Waals surface area contributed by atoms with E-state index in [1.54, 1.807) is 25.1 Å². The summed E-state index contributed by atoms with van der Waals surface area (Å²) in [4.78, 5) is 25.1. The van der Waals surface area contributed by atoms with E-state index in [0.29, 0.717) is 36.6 Å². The van der Waals surface area contributed by atoms with Crippen molar-refractivity contribution in [2.45, 2.75) is 25.9 Å². The number of anilines is 3. The highest BCUT2D eigenvalue weighted by Gasteiger charge is 2.32. The number of benzene rings is 2. The first-order chi connectivity index (χ1) is 13.3. The Balaban J connectivity index is 1.91. The lowest BCUT2D eigenvalue weighted by atomic mass is 10.1. The maximum atomic E-state index is 13.3. The molecular weight excluding hydrogens is 371 g/mol. The van der Waals surface area contributed by atoms with Gasteiger partial charge >= 0.3 is 6.18 Å². The molecule has 148 valence electrons. The van der Waals surface area contributed by atoms with Gasteiger partial charge in [0.05, 0.1) is 5.56 Å². The zero-order valence-corrected chi connectivity index (χ0v) is 15.3. The van der Waals surface area contributed by atoms with Gasteiger partial charge in [-0.1, -0.05) is 6.07 Å². The fraction of sp³-hybridized carbons (Fsp3) is 0.300. The van der Waals surface area contributed by atoms with Crippen molar-refractivity contribution in [3.05, 3.63) is 53.1 Å². The van der Waals surface area contributed by atoms with Gasteiger partial charge in [0.1, 0.15) is 0 Å². The number of alkyl halides is 3. The van der Waals surface area contributed by atoms with Gasteiger partial charge in [-0.3, -0.25) is 9.59 Å². The van der Waals surface area contributed by atoms with Crippen LogP contribution in [0.25, 0.3) is 0 Å². The monoisotopic (exact) mass is 391 g/mol. The van der Waals surface area contributed by atoms with Gasteiger partial charge in [-0.05, 0) is 55.7 Å². The van der Waals surface area contributed by atoms with Gasteiger partial charge in [0.2, 0.25) is 6.41 Å². The van der Waals surface area contributed by atoms with Crippen molar-refractivity contribution in [2.24, 2.45) is 0 Å². The van der Waals surface area contributed by atoms with Crippen LogP contribution in [-0.2, 0) is 11.0 Å². The predicted molar refractivity (Wildman–Crippen MR) is 102 cm³/mol. The van der Waals surface area contributed by atoms with Crippen LogP contribution in [0.15, 0.2) is 36.4 Å². The molecule has 0 unspecified atom stereocenters. The van der Waals surface area contributed by atoms with Crippen LogP contribution in [0.1, 0.15) is 34.3 Å². The molecule has 0 spiro atoms. The number of nitrogens with zero attached hydrogens (tertiary/aromatic N) is 1. The van der Waals surface area contributed by atoms with Gasteiger partial charge in [0.15, 0.2) is 0 Å². The van der Waals surface area contributed by atoms with Crippen molar-refractivity contribution in [3.8, 4) is 0 Å². The molecule has 2 aromatic carbocycles. The van der Waals surface area contributed by atoms with Gasteiger partial charge in [0, 0.05) is 35.7 Å². The Morgan fingerprint density at radius 2 is 1.82 bits per heavy atom. The van der Waals surface area contributed by atoms with E-state index in [0.717, 1.165) is 30.5 Å². The zero-order chi connectivity index (χ0) is 20.3. The largest absolute Gasteiger partial charge is 0.416 e. The molecule has 28 heavy (non-hydrogen) atoms. The van der Waals surface area contributed by atoms with Crippen molar-refractivity contribution >= 4 is 29.4 Å². The summed E-state index contributed by atoms with van der Waals surface area (Å²) in [7, 11) is 0. The summed E-state index contributed by atoms with van der Waals surface area (Å²) in [6.45, 7) is 3.12. The van der Waals surface area contributed by atoms with Crippen molar-refractivity contribution in [3.63, 3.8) is 0 Å². The van der Waals surface area contributed by atoms with E-state index in [2.05, 4.69) is 10.6 Å². The molecule has 0 radical (unpaired) electrons. The molecule has 2 aromatic rings. The van der Waals surface area contributed by atoms with Crippen molar-refractivity contribution in [1.82, 2.24) is 0 Å². The summed E-state index contributed by atoms with van der Waals surface area (Å²) in [6.07, 6.45) is -2.21. The summed E-state index contributed by atoms with van der Waals surface area (Å²) in [5, 5.41) is 5.12. The minimum absolute atomic E-state index is 0.0674. The van der Waals surface area contributed by atoms with Crippen LogP contribution in [0.5, 0.6) is 0 Å². The van der Waals surface area contributed by atoms with Crippen molar-refractivity contribution in [1.29, 1.82) is 0 Å². The highest BCUT2D eigenvalue weighted by Crippen LogP contribution is 2.34. The van der Waals surface area contributed by atoms with Crippen LogP contribution < -0.4 is 15.5 Å². The molecule has 0 atom stereocenters. The van der Waals surface area contributed by atoms with Crippen LogP contribution in [0.3, 0.4) is 0 Å². The second kappa shape index (κ2) is 7.92. The Kier molecular flexibility index (Phi) is 5.58. The molecule has 1 saturated heterocycles. The third-order valence-corrected chi connectivity index (χ3v) is 4.69. The number of aryl methyl sites for hydroxylation is 1. The van der Waals surface area contributed by atoms with Gasteiger partial charge in [-0.15, -0.1) is 0 Å². The number of hydrogen-bond donors (Lipinski definition) is 2. The fourth-order valence-corrected chi connectivity index (χ4v) is 3.19. The standard InChI is InChI=1S/C20H20F3N3O2/c1-13-4-5-16(11-18(13)24-12-27)25-19(28)14-8-15(20(21,22)23)10-17(9-14)26-6-2-3-7-26/h4-5,8-12H,2-3,6-7H2,1H3,(H,24,27)(H,25,28). The van der Waals surface area contributed by atoms with Crippen molar-refractivity contribution < 1.29 is 22.8 Å². The third-order valence-electron chi connectivity index (χ3n) is 4.69. The normalized spacial score (nSPS) is 14.1. The molecule has 1 aliphatic heterocycles. The molecule has 8 heteroatoms. The van der Waals surface area contributed by atoms with E-state index in [1.807, 2.05) is 4.90 Å². The lowest BCUT2D eigenvalue weighted by molar-refractivity contribution is -0.137. The van der Waals surface area contributed by atoms with Crippen LogP contribution >= 0.6 is 0 Å². The van der Waals surface area contributed by atoms with Gasteiger partial charge < -0.3 is 15.5 Å².